The number of nitrogens with zero attached hydrogens (tertiary/aromatic N) is 4. The van der Waals surface area contributed by atoms with Crippen molar-refractivity contribution in [2.45, 2.75) is 25.9 Å². The number of carbonyl (C=O) groups is 2. The summed E-state index contributed by atoms with van der Waals surface area (Å²) in [5.74, 6) is -0.121. The molecule has 30 heavy (non-hydrogen) atoms. The number of nitro benzene ring substituents is 1. The number of benzene rings is 2. The van der Waals surface area contributed by atoms with Gasteiger partial charge in [-0.2, -0.15) is 4.98 Å². The number of aromatic nitrogens is 2. The largest absolute Gasteiger partial charge is 0.337 e. The second-order valence-corrected chi connectivity index (χ2v) is 7.14. The van der Waals surface area contributed by atoms with E-state index in [9.17, 15) is 19.7 Å². The Hall–Kier alpha value is -4.08. The van der Waals surface area contributed by atoms with Gasteiger partial charge in [-0.1, -0.05) is 41.1 Å². The minimum atomic E-state index is -1.44. The van der Waals surface area contributed by atoms with Crippen LogP contribution in [0.15, 0.2) is 53.1 Å². The van der Waals surface area contributed by atoms with E-state index in [-0.39, 0.29) is 18.1 Å². The summed E-state index contributed by atoms with van der Waals surface area (Å²) in [5, 5.41) is 17.6. The fourth-order valence-electron chi connectivity index (χ4n) is 3.32. The Morgan fingerprint density at radius 3 is 2.70 bits per heavy atom. The van der Waals surface area contributed by atoms with Crippen molar-refractivity contribution in [3.8, 4) is 11.4 Å². The second-order valence-electron chi connectivity index (χ2n) is 7.14. The van der Waals surface area contributed by atoms with Gasteiger partial charge in [0.15, 0.2) is 0 Å². The van der Waals surface area contributed by atoms with Crippen LogP contribution < -0.4 is 5.32 Å². The van der Waals surface area contributed by atoms with E-state index in [1.54, 1.807) is 6.07 Å². The van der Waals surface area contributed by atoms with Crippen molar-refractivity contribution in [3.63, 3.8) is 0 Å². The SMILES string of the molecule is Cc1cccc(-c2noc(CN3C(=O)NC(C)(c4cccc([N+](=O)[O-])c4)C3=O)n2)c1. The van der Waals surface area contributed by atoms with Crippen LogP contribution in [0, 0.1) is 17.0 Å². The number of carbonyl (C=O) groups excluding carboxylic acids is 2. The standard InChI is InChI=1S/C20H17N5O5/c1-12-5-3-6-13(9-12)17-21-16(30-23-17)11-24-18(26)20(2,22-19(24)27)14-7-4-8-15(10-14)25(28)29/h3-10H,11H2,1-2H3,(H,22,27). The average Bonchev–Trinajstić information content (AvgIpc) is 3.27. The molecule has 10 heteroatoms. The van der Waals surface area contributed by atoms with Gasteiger partial charge in [-0.3, -0.25) is 19.8 Å². The summed E-state index contributed by atoms with van der Waals surface area (Å²) >= 11 is 0. The van der Waals surface area contributed by atoms with Crippen LogP contribution in [-0.2, 0) is 16.9 Å². The van der Waals surface area contributed by atoms with Crippen LogP contribution in [0.25, 0.3) is 11.4 Å². The first-order valence-electron chi connectivity index (χ1n) is 9.06. The van der Waals surface area contributed by atoms with Crippen LogP contribution in [0.1, 0.15) is 23.9 Å². The molecule has 0 saturated carbocycles. The first-order chi connectivity index (χ1) is 14.3. The molecule has 0 aliphatic carbocycles. The quantitative estimate of drug-likeness (QED) is 0.391. The van der Waals surface area contributed by atoms with E-state index in [4.69, 9.17) is 4.52 Å². The van der Waals surface area contributed by atoms with Gasteiger partial charge in [-0.05, 0) is 25.5 Å². The summed E-state index contributed by atoms with van der Waals surface area (Å²) in [6, 6.07) is 12.5. The molecule has 10 nitrogen and oxygen atoms in total. The van der Waals surface area contributed by atoms with Crippen LogP contribution in [0.4, 0.5) is 10.5 Å². The van der Waals surface area contributed by atoms with Crippen LogP contribution in [0.3, 0.4) is 0 Å². The maximum atomic E-state index is 13.0. The first-order valence-corrected chi connectivity index (χ1v) is 9.06. The highest BCUT2D eigenvalue weighted by molar-refractivity contribution is 6.07. The number of nitro groups is 1. The molecule has 3 aromatic rings. The summed E-state index contributed by atoms with van der Waals surface area (Å²) < 4.78 is 5.22. The molecule has 2 aromatic carbocycles. The van der Waals surface area contributed by atoms with Crippen molar-refractivity contribution in [2.24, 2.45) is 0 Å². The smallest absolute Gasteiger partial charge is 0.325 e. The van der Waals surface area contributed by atoms with E-state index < -0.39 is 22.4 Å². The topological polar surface area (TPSA) is 131 Å². The highest BCUT2D eigenvalue weighted by atomic mass is 16.6. The van der Waals surface area contributed by atoms with Gasteiger partial charge in [0.2, 0.25) is 11.7 Å². The molecule has 1 aromatic heterocycles. The van der Waals surface area contributed by atoms with Gasteiger partial charge in [0.05, 0.1) is 4.92 Å². The molecule has 1 aliphatic rings. The van der Waals surface area contributed by atoms with E-state index in [1.165, 1.54) is 25.1 Å². The molecular weight excluding hydrogens is 390 g/mol. The minimum absolute atomic E-state index is 0.0956. The fraction of sp³-hybridized carbons (Fsp3) is 0.200. The number of imide groups is 1. The molecule has 1 fully saturated rings. The maximum absolute atomic E-state index is 13.0. The molecular formula is C20H17N5O5. The molecule has 3 amide bonds. The highest BCUT2D eigenvalue weighted by Crippen LogP contribution is 2.31. The molecule has 152 valence electrons. The highest BCUT2D eigenvalue weighted by Gasteiger charge is 2.49. The molecule has 2 heterocycles. The monoisotopic (exact) mass is 407 g/mol. The fourth-order valence-corrected chi connectivity index (χ4v) is 3.32. The number of urea groups is 1. The molecule has 0 bridgehead atoms. The number of nitrogens with one attached hydrogen (secondary N) is 1. The number of rotatable bonds is 5. The summed E-state index contributed by atoms with van der Waals surface area (Å²) in [4.78, 5) is 41.2. The molecule has 1 aliphatic heterocycles. The van der Waals surface area contributed by atoms with Crippen LogP contribution >= 0.6 is 0 Å². The number of hydrogen-bond acceptors (Lipinski definition) is 7. The second kappa shape index (κ2) is 7.07. The van der Waals surface area contributed by atoms with Crippen LogP contribution in [-0.4, -0.2) is 31.9 Å². The third kappa shape index (κ3) is 3.28. The van der Waals surface area contributed by atoms with Crippen molar-refractivity contribution in [2.75, 3.05) is 0 Å². The number of aryl methyl sites for hydroxylation is 1. The zero-order chi connectivity index (χ0) is 21.5. The Balaban J connectivity index is 1.58. The van der Waals surface area contributed by atoms with Gasteiger partial charge < -0.3 is 9.84 Å². The predicted molar refractivity (Wildman–Crippen MR) is 104 cm³/mol. The van der Waals surface area contributed by atoms with Gasteiger partial charge in [0.25, 0.3) is 11.6 Å². The third-order valence-corrected chi connectivity index (χ3v) is 4.95. The van der Waals surface area contributed by atoms with Crippen molar-refractivity contribution < 1.29 is 19.0 Å². The zero-order valence-electron chi connectivity index (χ0n) is 16.2. The zero-order valence-corrected chi connectivity index (χ0v) is 16.2. The number of amides is 3. The molecule has 1 unspecified atom stereocenters. The van der Waals surface area contributed by atoms with E-state index in [2.05, 4.69) is 15.5 Å². The van der Waals surface area contributed by atoms with E-state index in [1.807, 2.05) is 31.2 Å². The van der Waals surface area contributed by atoms with Crippen molar-refractivity contribution in [1.82, 2.24) is 20.4 Å². The third-order valence-electron chi connectivity index (χ3n) is 4.95. The molecule has 1 N–H and O–H groups in total. The minimum Gasteiger partial charge on any atom is -0.337 e. The Labute approximate surface area is 170 Å². The Morgan fingerprint density at radius 2 is 1.97 bits per heavy atom. The van der Waals surface area contributed by atoms with Gasteiger partial charge in [0.1, 0.15) is 12.1 Å². The van der Waals surface area contributed by atoms with E-state index >= 15 is 0 Å². The van der Waals surface area contributed by atoms with Crippen LogP contribution in [0.5, 0.6) is 0 Å². The summed E-state index contributed by atoms with van der Waals surface area (Å²) in [5.41, 5.74) is 0.476. The first kappa shape index (κ1) is 19.2. The molecule has 4 rings (SSSR count). The lowest BCUT2D eigenvalue weighted by Gasteiger charge is -2.21. The van der Waals surface area contributed by atoms with Crippen LogP contribution in [0.2, 0.25) is 0 Å². The van der Waals surface area contributed by atoms with E-state index in [0.717, 1.165) is 16.0 Å². The van der Waals surface area contributed by atoms with Crippen molar-refractivity contribution >= 4 is 17.6 Å². The normalized spacial score (nSPS) is 18.5. The summed E-state index contributed by atoms with van der Waals surface area (Å²) in [6.45, 7) is 3.22. The molecule has 0 radical (unpaired) electrons. The lowest BCUT2D eigenvalue weighted by Crippen LogP contribution is -2.40. The summed E-state index contributed by atoms with van der Waals surface area (Å²) in [7, 11) is 0. The van der Waals surface area contributed by atoms with E-state index in [0.29, 0.717) is 11.4 Å². The Kier molecular flexibility index (Phi) is 4.53. The van der Waals surface area contributed by atoms with Gasteiger partial charge in [-0.15, -0.1) is 0 Å². The number of non-ortho nitro benzene ring substituents is 1. The summed E-state index contributed by atoms with van der Waals surface area (Å²) in [6.07, 6.45) is 0. The Bertz CT molecular complexity index is 1170. The lowest BCUT2D eigenvalue weighted by atomic mass is 9.91. The van der Waals surface area contributed by atoms with Gasteiger partial charge in [-0.25, -0.2) is 4.79 Å². The number of hydrogen-bond donors (Lipinski definition) is 1. The Morgan fingerprint density at radius 1 is 1.20 bits per heavy atom. The lowest BCUT2D eigenvalue weighted by molar-refractivity contribution is -0.385. The average molecular weight is 407 g/mol. The molecule has 1 saturated heterocycles. The van der Waals surface area contributed by atoms with Crippen molar-refractivity contribution in [3.05, 3.63) is 75.7 Å². The van der Waals surface area contributed by atoms with Gasteiger partial charge >= 0.3 is 6.03 Å². The molecule has 1 atom stereocenters. The predicted octanol–water partition coefficient (Wildman–Crippen LogP) is 2.92. The maximum Gasteiger partial charge on any atom is 0.325 e. The van der Waals surface area contributed by atoms with Gasteiger partial charge in [0, 0.05) is 17.7 Å². The van der Waals surface area contributed by atoms with Crippen molar-refractivity contribution in [1.29, 1.82) is 0 Å². The molecule has 0 spiro atoms.